The molecule has 132 valence electrons. The molecule has 0 fully saturated rings. The number of carbonyl (C=O) groups excluding carboxylic acids is 1. The van der Waals surface area contributed by atoms with Gasteiger partial charge in [-0.15, -0.1) is 0 Å². The zero-order valence-corrected chi connectivity index (χ0v) is 15.0. The van der Waals surface area contributed by atoms with Crippen molar-refractivity contribution in [3.63, 3.8) is 0 Å². The Balaban J connectivity index is 1.94. The Kier molecular flexibility index (Phi) is 5.32. The van der Waals surface area contributed by atoms with Crippen LogP contribution in [0.15, 0.2) is 77.7 Å². The van der Waals surface area contributed by atoms with Crippen LogP contribution in [-0.4, -0.2) is 21.8 Å². The van der Waals surface area contributed by atoms with Crippen LogP contribution in [0.3, 0.4) is 0 Å². The number of hydrogen-bond donors (Lipinski definition) is 1. The van der Waals surface area contributed by atoms with Crippen molar-refractivity contribution in [2.75, 3.05) is 0 Å². The SMILES string of the molecule is CC(C)N(Cc1ccccc1)C(=O)c1c[nH]c(=O)c(-c2ccccc2)c1. The molecule has 0 saturated heterocycles. The van der Waals surface area contributed by atoms with Crippen molar-refractivity contribution in [1.29, 1.82) is 0 Å². The highest BCUT2D eigenvalue weighted by Crippen LogP contribution is 2.18. The molecular weight excluding hydrogens is 324 g/mol. The minimum Gasteiger partial charge on any atom is -0.332 e. The van der Waals surface area contributed by atoms with Crippen LogP contribution in [0, 0.1) is 0 Å². The van der Waals surface area contributed by atoms with Crippen LogP contribution in [0.4, 0.5) is 0 Å². The summed E-state index contributed by atoms with van der Waals surface area (Å²) >= 11 is 0. The largest absolute Gasteiger partial charge is 0.332 e. The highest BCUT2D eigenvalue weighted by atomic mass is 16.2. The summed E-state index contributed by atoms with van der Waals surface area (Å²) in [6, 6.07) is 21.0. The lowest BCUT2D eigenvalue weighted by Gasteiger charge is -2.27. The summed E-state index contributed by atoms with van der Waals surface area (Å²) < 4.78 is 0. The van der Waals surface area contributed by atoms with Gasteiger partial charge in [-0.3, -0.25) is 9.59 Å². The Morgan fingerprint density at radius 1 is 1.00 bits per heavy atom. The van der Waals surface area contributed by atoms with Crippen LogP contribution in [0.25, 0.3) is 11.1 Å². The van der Waals surface area contributed by atoms with E-state index in [1.165, 1.54) is 6.20 Å². The summed E-state index contributed by atoms with van der Waals surface area (Å²) in [5.41, 5.74) is 2.64. The zero-order valence-electron chi connectivity index (χ0n) is 15.0. The van der Waals surface area contributed by atoms with Gasteiger partial charge in [0.1, 0.15) is 0 Å². The molecule has 0 bridgehead atoms. The molecule has 0 atom stereocenters. The van der Waals surface area contributed by atoms with E-state index in [2.05, 4.69) is 4.98 Å². The average Bonchev–Trinajstić information content (AvgIpc) is 2.67. The molecule has 3 rings (SSSR count). The van der Waals surface area contributed by atoms with Crippen molar-refractivity contribution in [3.8, 4) is 11.1 Å². The first-order valence-electron chi connectivity index (χ1n) is 8.69. The summed E-state index contributed by atoms with van der Waals surface area (Å²) in [5.74, 6) is -0.0997. The molecule has 0 aliphatic carbocycles. The fourth-order valence-electron chi connectivity index (χ4n) is 2.87. The quantitative estimate of drug-likeness (QED) is 0.756. The Hall–Kier alpha value is -3.14. The van der Waals surface area contributed by atoms with Crippen molar-refractivity contribution < 1.29 is 4.79 Å². The fraction of sp³-hybridized carbons (Fsp3) is 0.182. The number of nitrogens with zero attached hydrogens (tertiary/aromatic N) is 1. The van der Waals surface area contributed by atoms with Gasteiger partial charge in [-0.25, -0.2) is 0 Å². The molecule has 0 spiro atoms. The number of hydrogen-bond acceptors (Lipinski definition) is 2. The summed E-state index contributed by atoms with van der Waals surface area (Å²) in [4.78, 5) is 29.8. The molecular formula is C22H22N2O2. The van der Waals surface area contributed by atoms with Gasteiger partial charge in [0.2, 0.25) is 0 Å². The topological polar surface area (TPSA) is 53.2 Å². The van der Waals surface area contributed by atoms with Crippen LogP contribution < -0.4 is 5.56 Å². The average molecular weight is 346 g/mol. The molecule has 3 aromatic rings. The van der Waals surface area contributed by atoms with Gasteiger partial charge in [-0.2, -0.15) is 0 Å². The standard InChI is InChI=1S/C22H22N2O2/c1-16(2)24(15-17-9-5-3-6-10-17)22(26)19-13-20(21(25)23-14-19)18-11-7-4-8-12-18/h3-14,16H,15H2,1-2H3,(H,23,25). The third-order valence-corrected chi connectivity index (χ3v) is 4.31. The predicted molar refractivity (Wildman–Crippen MR) is 104 cm³/mol. The lowest BCUT2D eigenvalue weighted by Crippen LogP contribution is -2.36. The van der Waals surface area contributed by atoms with Gasteiger partial charge in [-0.05, 0) is 31.0 Å². The molecule has 0 saturated carbocycles. The van der Waals surface area contributed by atoms with Gasteiger partial charge in [0.15, 0.2) is 0 Å². The van der Waals surface area contributed by atoms with E-state index in [1.54, 1.807) is 11.0 Å². The molecule has 0 aliphatic rings. The summed E-state index contributed by atoms with van der Waals surface area (Å²) in [5, 5.41) is 0. The molecule has 1 amide bonds. The monoisotopic (exact) mass is 346 g/mol. The molecule has 0 unspecified atom stereocenters. The van der Waals surface area contributed by atoms with E-state index in [0.29, 0.717) is 17.7 Å². The van der Waals surface area contributed by atoms with Crippen LogP contribution in [0.1, 0.15) is 29.8 Å². The van der Waals surface area contributed by atoms with Gasteiger partial charge in [0, 0.05) is 24.3 Å². The molecule has 2 aromatic carbocycles. The number of aromatic nitrogens is 1. The number of H-pyrrole nitrogens is 1. The van der Waals surface area contributed by atoms with Gasteiger partial charge < -0.3 is 9.88 Å². The van der Waals surface area contributed by atoms with Gasteiger partial charge in [0.05, 0.1) is 5.56 Å². The van der Waals surface area contributed by atoms with Gasteiger partial charge >= 0.3 is 0 Å². The first-order chi connectivity index (χ1) is 12.6. The smallest absolute Gasteiger partial charge is 0.255 e. The highest BCUT2D eigenvalue weighted by Gasteiger charge is 2.20. The summed E-state index contributed by atoms with van der Waals surface area (Å²) in [6.45, 7) is 4.51. The number of nitrogens with one attached hydrogen (secondary N) is 1. The lowest BCUT2D eigenvalue weighted by molar-refractivity contribution is 0.0690. The number of pyridine rings is 1. The number of benzene rings is 2. The minimum atomic E-state index is -0.202. The minimum absolute atomic E-state index is 0.0369. The molecule has 1 N–H and O–H groups in total. The predicted octanol–water partition coefficient (Wildman–Crippen LogP) is 4.09. The number of rotatable bonds is 5. The van der Waals surface area contributed by atoms with E-state index in [1.807, 2.05) is 74.5 Å². The fourth-order valence-corrected chi connectivity index (χ4v) is 2.87. The van der Waals surface area contributed by atoms with Crippen molar-refractivity contribution in [2.45, 2.75) is 26.4 Å². The summed E-state index contributed by atoms with van der Waals surface area (Å²) in [6.07, 6.45) is 1.50. The van der Waals surface area contributed by atoms with Crippen molar-refractivity contribution >= 4 is 5.91 Å². The number of carbonyl (C=O) groups is 1. The maximum atomic E-state index is 13.1. The number of aromatic amines is 1. The Labute approximate surface area is 153 Å². The van der Waals surface area contributed by atoms with E-state index >= 15 is 0 Å². The second kappa shape index (κ2) is 7.83. The molecule has 0 radical (unpaired) electrons. The first-order valence-corrected chi connectivity index (χ1v) is 8.69. The lowest BCUT2D eigenvalue weighted by atomic mass is 10.0. The Bertz CT molecular complexity index is 931. The van der Waals surface area contributed by atoms with E-state index in [4.69, 9.17) is 0 Å². The van der Waals surface area contributed by atoms with E-state index in [-0.39, 0.29) is 17.5 Å². The molecule has 4 nitrogen and oxygen atoms in total. The van der Waals surface area contributed by atoms with Crippen LogP contribution in [0.2, 0.25) is 0 Å². The van der Waals surface area contributed by atoms with Crippen molar-refractivity contribution in [1.82, 2.24) is 9.88 Å². The van der Waals surface area contributed by atoms with Crippen LogP contribution in [-0.2, 0) is 6.54 Å². The third-order valence-electron chi connectivity index (χ3n) is 4.31. The first kappa shape index (κ1) is 17.7. The Morgan fingerprint density at radius 2 is 1.62 bits per heavy atom. The van der Waals surface area contributed by atoms with E-state index in [9.17, 15) is 9.59 Å². The molecule has 4 heteroatoms. The Morgan fingerprint density at radius 3 is 2.23 bits per heavy atom. The van der Waals surface area contributed by atoms with Gasteiger partial charge in [0.25, 0.3) is 11.5 Å². The molecule has 26 heavy (non-hydrogen) atoms. The van der Waals surface area contributed by atoms with Gasteiger partial charge in [-0.1, -0.05) is 60.7 Å². The van der Waals surface area contributed by atoms with E-state index < -0.39 is 0 Å². The highest BCUT2D eigenvalue weighted by molar-refractivity contribution is 5.95. The third kappa shape index (κ3) is 3.91. The maximum Gasteiger partial charge on any atom is 0.255 e. The number of amides is 1. The van der Waals surface area contributed by atoms with Crippen LogP contribution >= 0.6 is 0 Å². The molecule has 0 aliphatic heterocycles. The maximum absolute atomic E-state index is 13.1. The molecule has 1 aromatic heterocycles. The summed E-state index contributed by atoms with van der Waals surface area (Å²) in [7, 11) is 0. The zero-order chi connectivity index (χ0) is 18.5. The second-order valence-electron chi connectivity index (χ2n) is 6.51. The van der Waals surface area contributed by atoms with Crippen LogP contribution in [0.5, 0.6) is 0 Å². The normalized spacial score (nSPS) is 10.7. The second-order valence-corrected chi connectivity index (χ2v) is 6.51. The molecule has 1 heterocycles. The van der Waals surface area contributed by atoms with Crippen molar-refractivity contribution in [2.24, 2.45) is 0 Å². The van der Waals surface area contributed by atoms with E-state index in [0.717, 1.165) is 11.1 Å². The van der Waals surface area contributed by atoms with Crippen molar-refractivity contribution in [3.05, 3.63) is 94.4 Å².